The first-order valence-electron chi connectivity index (χ1n) is 8.84. The van der Waals surface area contributed by atoms with Crippen LogP contribution in [0.4, 0.5) is 11.4 Å². The van der Waals surface area contributed by atoms with Crippen molar-refractivity contribution in [2.75, 3.05) is 62.7 Å². The fraction of sp³-hybridized carbons (Fsp3) is 0.556. The molecule has 1 aliphatic heterocycles. The van der Waals surface area contributed by atoms with E-state index in [1.807, 2.05) is 43.0 Å². The smallest absolute Gasteiger partial charge is 0.238 e. The number of ether oxygens (including phenoxy) is 1. The average Bonchev–Trinajstić information content (AvgIpc) is 2.62. The zero-order valence-corrected chi connectivity index (χ0v) is 15.1. The molecule has 1 fully saturated rings. The summed E-state index contributed by atoms with van der Waals surface area (Å²) in [5, 5.41) is 5.63. The molecule has 0 atom stereocenters. The number of nitrogens with zero attached hydrogens (tertiary/aromatic N) is 2. The van der Waals surface area contributed by atoms with Crippen LogP contribution in [0.5, 0.6) is 0 Å². The van der Waals surface area contributed by atoms with Gasteiger partial charge in [0.15, 0.2) is 0 Å². The molecule has 0 spiro atoms. The van der Waals surface area contributed by atoms with E-state index in [-0.39, 0.29) is 24.9 Å². The number of nitrogens with one attached hydrogen (secondary N) is 2. The number of carbonyl (C=O) groups excluding carboxylic acids is 2. The molecule has 0 saturated carbocycles. The third-order valence-electron chi connectivity index (χ3n) is 4.08. The van der Waals surface area contributed by atoms with Crippen LogP contribution in [0, 0.1) is 0 Å². The van der Waals surface area contributed by atoms with Gasteiger partial charge in [0.1, 0.15) is 0 Å². The van der Waals surface area contributed by atoms with Gasteiger partial charge in [0.05, 0.1) is 26.3 Å². The zero-order valence-electron chi connectivity index (χ0n) is 15.1. The fourth-order valence-electron chi connectivity index (χ4n) is 2.72. The third-order valence-corrected chi connectivity index (χ3v) is 4.08. The first kappa shape index (κ1) is 19.2. The van der Waals surface area contributed by atoms with Crippen molar-refractivity contribution in [1.82, 2.24) is 10.2 Å². The molecule has 1 aliphatic rings. The van der Waals surface area contributed by atoms with Crippen molar-refractivity contribution in [3.8, 4) is 0 Å². The minimum atomic E-state index is -0.120. The number of carbonyl (C=O) groups is 2. The van der Waals surface area contributed by atoms with E-state index in [4.69, 9.17) is 4.74 Å². The predicted octanol–water partition coefficient (Wildman–Crippen LogP) is 0.920. The van der Waals surface area contributed by atoms with Gasteiger partial charge in [-0.25, -0.2) is 0 Å². The number of benzene rings is 1. The number of anilines is 2. The molecule has 0 aromatic heterocycles. The van der Waals surface area contributed by atoms with E-state index in [9.17, 15) is 9.59 Å². The molecule has 0 radical (unpaired) electrons. The Labute approximate surface area is 149 Å². The normalized spacial score (nSPS) is 14.4. The molecule has 1 aromatic rings. The molecule has 0 unspecified atom stereocenters. The van der Waals surface area contributed by atoms with Gasteiger partial charge in [0, 0.05) is 31.0 Å². The van der Waals surface area contributed by atoms with Crippen molar-refractivity contribution in [2.24, 2.45) is 0 Å². The highest BCUT2D eigenvalue weighted by molar-refractivity contribution is 5.92. The second-order valence-electron chi connectivity index (χ2n) is 5.95. The van der Waals surface area contributed by atoms with Gasteiger partial charge in [-0.1, -0.05) is 6.92 Å². The lowest BCUT2D eigenvalue weighted by Gasteiger charge is -2.29. The summed E-state index contributed by atoms with van der Waals surface area (Å²) in [6, 6.07) is 7.83. The molecule has 2 rings (SSSR count). The number of amides is 2. The highest BCUT2D eigenvalue weighted by Gasteiger charge is 2.14. The van der Waals surface area contributed by atoms with E-state index in [0.29, 0.717) is 13.1 Å². The van der Waals surface area contributed by atoms with Crippen LogP contribution in [0.15, 0.2) is 24.3 Å². The second kappa shape index (κ2) is 10.0. The fourth-order valence-corrected chi connectivity index (χ4v) is 2.72. The average molecular weight is 348 g/mol. The number of hydrogen-bond donors (Lipinski definition) is 2. The maximum Gasteiger partial charge on any atom is 0.238 e. The van der Waals surface area contributed by atoms with Gasteiger partial charge >= 0.3 is 0 Å². The second-order valence-corrected chi connectivity index (χ2v) is 5.95. The van der Waals surface area contributed by atoms with E-state index in [0.717, 1.165) is 37.7 Å². The summed E-state index contributed by atoms with van der Waals surface area (Å²) in [5.41, 5.74) is 1.89. The summed E-state index contributed by atoms with van der Waals surface area (Å²) in [6.07, 6.45) is 0. The monoisotopic (exact) mass is 348 g/mol. The summed E-state index contributed by atoms with van der Waals surface area (Å²) in [4.78, 5) is 27.9. The number of hydrogen-bond acceptors (Lipinski definition) is 5. The van der Waals surface area contributed by atoms with E-state index in [2.05, 4.69) is 15.5 Å². The minimum absolute atomic E-state index is 0.0629. The number of morpholine rings is 1. The van der Waals surface area contributed by atoms with E-state index in [1.54, 1.807) is 0 Å². The largest absolute Gasteiger partial charge is 0.378 e. The van der Waals surface area contributed by atoms with Crippen LogP contribution in [0.3, 0.4) is 0 Å². The van der Waals surface area contributed by atoms with Crippen LogP contribution in [0.25, 0.3) is 0 Å². The van der Waals surface area contributed by atoms with E-state index < -0.39 is 0 Å². The molecule has 0 aliphatic carbocycles. The van der Waals surface area contributed by atoms with Gasteiger partial charge in [0.25, 0.3) is 0 Å². The van der Waals surface area contributed by atoms with Crippen LogP contribution in [-0.4, -0.2) is 69.2 Å². The maximum atomic E-state index is 12.2. The van der Waals surface area contributed by atoms with Gasteiger partial charge in [-0.05, 0) is 37.7 Å². The quantitative estimate of drug-likeness (QED) is 0.731. The van der Waals surface area contributed by atoms with Crippen LogP contribution >= 0.6 is 0 Å². The molecular formula is C18H28N4O3. The van der Waals surface area contributed by atoms with Crippen LogP contribution in [0.2, 0.25) is 0 Å². The summed E-state index contributed by atoms with van der Waals surface area (Å²) in [6.45, 7) is 8.73. The van der Waals surface area contributed by atoms with Gasteiger partial charge in [-0.3, -0.25) is 14.5 Å². The maximum absolute atomic E-state index is 12.2. The van der Waals surface area contributed by atoms with E-state index >= 15 is 0 Å². The van der Waals surface area contributed by atoms with Crippen molar-refractivity contribution < 1.29 is 14.3 Å². The van der Waals surface area contributed by atoms with Gasteiger partial charge in [-0.15, -0.1) is 0 Å². The molecule has 138 valence electrons. The minimum Gasteiger partial charge on any atom is -0.378 e. The van der Waals surface area contributed by atoms with E-state index in [1.165, 1.54) is 0 Å². The Morgan fingerprint density at radius 3 is 2.32 bits per heavy atom. The summed E-state index contributed by atoms with van der Waals surface area (Å²) >= 11 is 0. The topological polar surface area (TPSA) is 73.9 Å². The zero-order chi connectivity index (χ0) is 18.1. The van der Waals surface area contributed by atoms with Crippen molar-refractivity contribution in [3.63, 3.8) is 0 Å². The van der Waals surface area contributed by atoms with Crippen molar-refractivity contribution in [3.05, 3.63) is 24.3 Å². The van der Waals surface area contributed by atoms with Crippen molar-refractivity contribution >= 4 is 23.2 Å². The Balaban J connectivity index is 1.83. The Bertz CT molecular complexity index is 556. The standard InChI is InChI=1S/C18H28N4O3/c1-3-19-17(23)13-21(4-2)14-18(24)20-15-5-7-16(8-6-15)22-9-11-25-12-10-22/h5-8H,3-4,9-14H2,1-2H3,(H,19,23)(H,20,24). The van der Waals surface area contributed by atoms with Gasteiger partial charge < -0.3 is 20.3 Å². The van der Waals surface area contributed by atoms with Gasteiger partial charge in [-0.2, -0.15) is 0 Å². The third kappa shape index (κ3) is 6.36. The first-order valence-corrected chi connectivity index (χ1v) is 8.84. The first-order chi connectivity index (χ1) is 12.1. The highest BCUT2D eigenvalue weighted by Crippen LogP contribution is 2.19. The molecule has 1 saturated heterocycles. The Morgan fingerprint density at radius 2 is 1.72 bits per heavy atom. The molecule has 1 aromatic carbocycles. The Kier molecular flexibility index (Phi) is 7.69. The highest BCUT2D eigenvalue weighted by atomic mass is 16.5. The van der Waals surface area contributed by atoms with Crippen molar-refractivity contribution in [2.45, 2.75) is 13.8 Å². The Morgan fingerprint density at radius 1 is 1.08 bits per heavy atom. The molecule has 2 amide bonds. The van der Waals surface area contributed by atoms with Crippen LogP contribution in [0.1, 0.15) is 13.8 Å². The van der Waals surface area contributed by atoms with Crippen LogP contribution in [-0.2, 0) is 14.3 Å². The van der Waals surface area contributed by atoms with Gasteiger partial charge in [0.2, 0.25) is 11.8 Å². The summed E-state index contributed by atoms with van der Waals surface area (Å²) in [5.74, 6) is -0.183. The molecule has 2 N–H and O–H groups in total. The van der Waals surface area contributed by atoms with Crippen LogP contribution < -0.4 is 15.5 Å². The van der Waals surface area contributed by atoms with Crippen molar-refractivity contribution in [1.29, 1.82) is 0 Å². The molecule has 7 heteroatoms. The summed E-state index contributed by atoms with van der Waals surface area (Å²) in [7, 11) is 0. The molecule has 1 heterocycles. The molecule has 7 nitrogen and oxygen atoms in total. The molecular weight excluding hydrogens is 320 g/mol. The molecule has 0 bridgehead atoms. The molecule has 25 heavy (non-hydrogen) atoms. The lowest BCUT2D eigenvalue weighted by Crippen LogP contribution is -2.41. The number of rotatable bonds is 8. The predicted molar refractivity (Wildman–Crippen MR) is 98.9 cm³/mol. The number of likely N-dealkylation sites (N-methyl/N-ethyl adjacent to an activating group) is 2. The SMILES string of the molecule is CCNC(=O)CN(CC)CC(=O)Nc1ccc(N2CCOCC2)cc1. The summed E-state index contributed by atoms with van der Waals surface area (Å²) < 4.78 is 5.36. The lowest BCUT2D eigenvalue weighted by molar-refractivity contribution is -0.123. The Hall–Kier alpha value is -2.12. The lowest BCUT2D eigenvalue weighted by atomic mass is 10.2.